The number of H-pyrrole nitrogens is 2. The molecule has 16 heavy (non-hydrogen) atoms. The summed E-state index contributed by atoms with van der Waals surface area (Å²) in [7, 11) is 0. The first-order valence-electron chi connectivity index (χ1n) is 5.34. The third-order valence-corrected chi connectivity index (χ3v) is 2.57. The number of nitrogens with zero attached hydrogens (tertiary/aromatic N) is 1. The molecule has 0 spiro atoms. The van der Waals surface area contributed by atoms with Gasteiger partial charge in [-0.1, -0.05) is 13.8 Å². The van der Waals surface area contributed by atoms with Crippen molar-refractivity contribution in [2.75, 3.05) is 0 Å². The summed E-state index contributed by atoms with van der Waals surface area (Å²) in [6.45, 7) is 5.80. The first-order valence-corrected chi connectivity index (χ1v) is 5.34. The molecular formula is C12H15N3O. The summed E-state index contributed by atoms with van der Waals surface area (Å²) in [6.07, 6.45) is 1.83. The molecule has 4 nitrogen and oxygen atoms in total. The van der Waals surface area contributed by atoms with Crippen molar-refractivity contribution in [3.8, 4) is 11.4 Å². The molecule has 0 aliphatic heterocycles. The third-order valence-electron chi connectivity index (χ3n) is 2.57. The van der Waals surface area contributed by atoms with Crippen molar-refractivity contribution >= 4 is 0 Å². The quantitative estimate of drug-likeness (QED) is 0.810. The van der Waals surface area contributed by atoms with E-state index in [0.29, 0.717) is 5.56 Å². The Balaban J connectivity index is 2.65. The number of nitrogens with one attached hydrogen (secondary N) is 2. The topological polar surface area (TPSA) is 61.5 Å². The van der Waals surface area contributed by atoms with Gasteiger partial charge in [-0.15, -0.1) is 0 Å². The monoisotopic (exact) mass is 217 g/mol. The van der Waals surface area contributed by atoms with Gasteiger partial charge in [-0.05, 0) is 19.1 Å². The van der Waals surface area contributed by atoms with Crippen LogP contribution in [0.3, 0.4) is 0 Å². The molecule has 0 aromatic carbocycles. The normalized spacial score (nSPS) is 11.0. The molecule has 0 bridgehead atoms. The third kappa shape index (κ3) is 1.78. The average molecular weight is 217 g/mol. The summed E-state index contributed by atoms with van der Waals surface area (Å²) in [5.41, 5.74) is 2.19. The molecule has 0 atom stereocenters. The van der Waals surface area contributed by atoms with E-state index in [1.54, 1.807) is 6.92 Å². The summed E-state index contributed by atoms with van der Waals surface area (Å²) >= 11 is 0. The molecular weight excluding hydrogens is 202 g/mol. The molecule has 84 valence electrons. The summed E-state index contributed by atoms with van der Waals surface area (Å²) in [5.74, 6) is 0.933. The minimum absolute atomic E-state index is 0.0664. The highest BCUT2D eigenvalue weighted by Gasteiger charge is 2.11. The van der Waals surface area contributed by atoms with E-state index in [4.69, 9.17) is 0 Å². The number of hydrogen-bond acceptors (Lipinski definition) is 2. The van der Waals surface area contributed by atoms with Crippen LogP contribution in [-0.2, 0) is 0 Å². The van der Waals surface area contributed by atoms with Gasteiger partial charge in [0.15, 0.2) is 0 Å². The second-order valence-electron chi connectivity index (χ2n) is 4.16. The van der Waals surface area contributed by atoms with Crippen LogP contribution in [0.15, 0.2) is 23.1 Å². The minimum atomic E-state index is -0.0664. The van der Waals surface area contributed by atoms with Crippen LogP contribution >= 0.6 is 0 Å². The van der Waals surface area contributed by atoms with Crippen molar-refractivity contribution in [2.45, 2.75) is 26.7 Å². The van der Waals surface area contributed by atoms with Gasteiger partial charge >= 0.3 is 0 Å². The molecule has 2 N–H and O–H groups in total. The second-order valence-corrected chi connectivity index (χ2v) is 4.16. The molecule has 0 unspecified atom stereocenters. The molecule has 0 amide bonds. The van der Waals surface area contributed by atoms with E-state index >= 15 is 0 Å². The number of hydrogen-bond donors (Lipinski definition) is 2. The molecule has 2 rings (SSSR count). The fourth-order valence-corrected chi connectivity index (χ4v) is 1.56. The molecule has 0 saturated heterocycles. The van der Waals surface area contributed by atoms with Crippen molar-refractivity contribution in [1.82, 2.24) is 15.0 Å². The maximum Gasteiger partial charge on any atom is 0.254 e. The zero-order chi connectivity index (χ0) is 11.7. The van der Waals surface area contributed by atoms with Crippen molar-refractivity contribution < 1.29 is 0 Å². The van der Waals surface area contributed by atoms with E-state index in [1.807, 2.05) is 32.2 Å². The van der Waals surface area contributed by atoms with E-state index in [0.717, 1.165) is 17.2 Å². The van der Waals surface area contributed by atoms with Crippen molar-refractivity contribution in [3.63, 3.8) is 0 Å². The van der Waals surface area contributed by atoms with E-state index in [1.165, 1.54) is 0 Å². The first-order chi connectivity index (χ1) is 7.59. The van der Waals surface area contributed by atoms with Crippen LogP contribution in [0.1, 0.15) is 31.2 Å². The van der Waals surface area contributed by atoms with Gasteiger partial charge in [-0.25, -0.2) is 4.98 Å². The highest BCUT2D eigenvalue weighted by molar-refractivity contribution is 5.58. The molecule has 2 heterocycles. The molecule has 0 saturated carbocycles. The molecule has 4 heteroatoms. The fourth-order valence-electron chi connectivity index (χ4n) is 1.56. The van der Waals surface area contributed by atoms with E-state index < -0.39 is 0 Å². The first kappa shape index (κ1) is 10.7. The SMILES string of the molecule is Cc1c(-c2ccc[nH]2)nc(C(C)C)[nH]c1=O. The van der Waals surface area contributed by atoms with Crippen LogP contribution in [0.25, 0.3) is 11.4 Å². The smallest absolute Gasteiger partial charge is 0.254 e. The number of aromatic nitrogens is 3. The molecule has 2 aromatic rings. The number of aromatic amines is 2. The van der Waals surface area contributed by atoms with Crippen LogP contribution in [-0.4, -0.2) is 15.0 Å². The van der Waals surface area contributed by atoms with Crippen LogP contribution in [0.5, 0.6) is 0 Å². The van der Waals surface area contributed by atoms with Gasteiger partial charge in [-0.3, -0.25) is 4.79 Å². The Bertz CT molecular complexity index is 538. The highest BCUT2D eigenvalue weighted by Crippen LogP contribution is 2.18. The van der Waals surface area contributed by atoms with Gasteiger partial charge in [0.1, 0.15) is 5.82 Å². The van der Waals surface area contributed by atoms with Crippen LogP contribution in [0.4, 0.5) is 0 Å². The standard InChI is InChI=1S/C12H15N3O/c1-7(2)11-14-10(8(3)12(16)15-11)9-5-4-6-13-9/h4-7,13H,1-3H3,(H,14,15,16). The Morgan fingerprint density at radius 2 is 2.12 bits per heavy atom. The van der Waals surface area contributed by atoms with E-state index in [2.05, 4.69) is 15.0 Å². The fraction of sp³-hybridized carbons (Fsp3) is 0.333. The minimum Gasteiger partial charge on any atom is -0.360 e. The lowest BCUT2D eigenvalue weighted by molar-refractivity contribution is 0.764. The summed E-state index contributed by atoms with van der Waals surface area (Å²) in [5, 5.41) is 0. The lowest BCUT2D eigenvalue weighted by Crippen LogP contribution is -2.16. The predicted molar refractivity (Wildman–Crippen MR) is 63.5 cm³/mol. The van der Waals surface area contributed by atoms with E-state index in [-0.39, 0.29) is 11.5 Å². The highest BCUT2D eigenvalue weighted by atomic mass is 16.1. The Hall–Kier alpha value is -1.84. The summed E-state index contributed by atoms with van der Waals surface area (Å²) in [6, 6.07) is 3.81. The Morgan fingerprint density at radius 1 is 1.38 bits per heavy atom. The number of rotatable bonds is 2. The molecule has 0 radical (unpaired) electrons. The van der Waals surface area contributed by atoms with Crippen molar-refractivity contribution in [3.05, 3.63) is 40.1 Å². The van der Waals surface area contributed by atoms with Gasteiger partial charge in [0.25, 0.3) is 5.56 Å². The van der Waals surface area contributed by atoms with Crippen LogP contribution < -0.4 is 5.56 Å². The lowest BCUT2D eigenvalue weighted by atomic mass is 10.1. The summed E-state index contributed by atoms with van der Waals surface area (Å²) < 4.78 is 0. The second kappa shape index (κ2) is 3.96. The predicted octanol–water partition coefficient (Wildman–Crippen LogP) is 2.20. The molecule has 0 fully saturated rings. The average Bonchev–Trinajstić information content (AvgIpc) is 2.74. The zero-order valence-electron chi connectivity index (χ0n) is 9.66. The van der Waals surface area contributed by atoms with Gasteiger partial charge < -0.3 is 9.97 Å². The van der Waals surface area contributed by atoms with Gasteiger partial charge in [0, 0.05) is 17.7 Å². The van der Waals surface area contributed by atoms with Gasteiger partial charge in [-0.2, -0.15) is 0 Å². The van der Waals surface area contributed by atoms with Crippen LogP contribution in [0, 0.1) is 6.92 Å². The maximum atomic E-state index is 11.8. The Kier molecular flexibility index (Phi) is 2.64. The van der Waals surface area contributed by atoms with Crippen LogP contribution in [0.2, 0.25) is 0 Å². The lowest BCUT2D eigenvalue weighted by Gasteiger charge is -2.08. The maximum absolute atomic E-state index is 11.8. The Morgan fingerprint density at radius 3 is 2.69 bits per heavy atom. The molecule has 0 aliphatic carbocycles. The summed E-state index contributed by atoms with van der Waals surface area (Å²) in [4.78, 5) is 22.1. The largest absolute Gasteiger partial charge is 0.360 e. The zero-order valence-corrected chi connectivity index (χ0v) is 9.66. The van der Waals surface area contributed by atoms with Crippen molar-refractivity contribution in [2.24, 2.45) is 0 Å². The van der Waals surface area contributed by atoms with Crippen molar-refractivity contribution in [1.29, 1.82) is 0 Å². The van der Waals surface area contributed by atoms with Gasteiger partial charge in [0.05, 0.1) is 11.4 Å². The van der Waals surface area contributed by atoms with Gasteiger partial charge in [0.2, 0.25) is 0 Å². The Labute approximate surface area is 93.8 Å². The van der Waals surface area contributed by atoms with E-state index in [9.17, 15) is 4.79 Å². The molecule has 2 aromatic heterocycles. The molecule has 0 aliphatic rings.